The van der Waals surface area contributed by atoms with Crippen LogP contribution in [-0.4, -0.2) is 43.2 Å². The lowest BCUT2D eigenvalue weighted by atomic mass is 10.0. The van der Waals surface area contributed by atoms with E-state index in [0.29, 0.717) is 26.3 Å². The van der Waals surface area contributed by atoms with E-state index < -0.39 is 0 Å². The number of ether oxygens (including phenoxy) is 2. The molecule has 1 aromatic carbocycles. The third-order valence-electron chi connectivity index (χ3n) is 3.88. The molecule has 1 saturated heterocycles. The van der Waals surface area contributed by atoms with Crippen molar-refractivity contribution < 1.29 is 14.3 Å². The smallest absolute Gasteiger partial charge is 0.264 e. The number of rotatable bonds is 2. The Bertz CT molecular complexity index is 654. The van der Waals surface area contributed by atoms with Crippen LogP contribution in [0, 0.1) is 11.3 Å². The molecule has 0 saturated carbocycles. The van der Waals surface area contributed by atoms with Crippen molar-refractivity contribution in [2.75, 3.05) is 26.3 Å². The van der Waals surface area contributed by atoms with Crippen molar-refractivity contribution >= 4 is 12.0 Å². The fraction of sp³-hybridized carbons (Fsp3) is 0.412. The molecule has 1 amide bonds. The maximum Gasteiger partial charge on any atom is 0.264 e. The molecule has 0 bridgehead atoms. The number of nitriles is 1. The van der Waals surface area contributed by atoms with Crippen LogP contribution in [0.4, 0.5) is 0 Å². The summed E-state index contributed by atoms with van der Waals surface area (Å²) in [5.41, 5.74) is 2.14. The van der Waals surface area contributed by atoms with Crippen molar-refractivity contribution in [1.82, 2.24) is 4.90 Å². The van der Waals surface area contributed by atoms with Gasteiger partial charge >= 0.3 is 0 Å². The zero-order chi connectivity index (χ0) is 15.5. The monoisotopic (exact) mass is 298 g/mol. The molecule has 5 heteroatoms. The maximum absolute atomic E-state index is 12.4. The first-order valence-corrected chi connectivity index (χ1v) is 7.46. The zero-order valence-corrected chi connectivity index (χ0v) is 12.5. The van der Waals surface area contributed by atoms with Crippen LogP contribution in [0.25, 0.3) is 6.08 Å². The number of amides is 1. The van der Waals surface area contributed by atoms with E-state index in [-0.39, 0.29) is 17.6 Å². The highest BCUT2D eigenvalue weighted by Crippen LogP contribution is 2.30. The summed E-state index contributed by atoms with van der Waals surface area (Å²) >= 11 is 0. The molecule has 2 heterocycles. The van der Waals surface area contributed by atoms with Crippen molar-refractivity contribution in [3.05, 3.63) is 34.9 Å². The van der Waals surface area contributed by atoms with Crippen LogP contribution >= 0.6 is 0 Å². The number of carbonyl (C=O) groups is 1. The van der Waals surface area contributed by atoms with Gasteiger partial charge in [-0.2, -0.15) is 5.26 Å². The Balaban J connectivity index is 1.81. The highest BCUT2D eigenvalue weighted by Gasteiger charge is 2.22. The van der Waals surface area contributed by atoms with Gasteiger partial charge in [0, 0.05) is 19.5 Å². The van der Waals surface area contributed by atoms with Crippen LogP contribution in [-0.2, 0) is 16.0 Å². The van der Waals surface area contributed by atoms with Crippen LogP contribution in [0.5, 0.6) is 5.75 Å². The number of benzene rings is 1. The van der Waals surface area contributed by atoms with Gasteiger partial charge in [-0.15, -0.1) is 0 Å². The minimum absolute atomic E-state index is 0.161. The molecule has 0 N–H and O–H groups in total. The predicted molar refractivity (Wildman–Crippen MR) is 81.2 cm³/mol. The Hall–Kier alpha value is -2.32. The summed E-state index contributed by atoms with van der Waals surface area (Å²) < 4.78 is 10.9. The Labute approximate surface area is 129 Å². The molecule has 3 rings (SSSR count). The van der Waals surface area contributed by atoms with E-state index in [0.717, 1.165) is 23.3 Å². The number of hydrogen-bond acceptors (Lipinski definition) is 4. The fourth-order valence-corrected chi connectivity index (χ4v) is 2.78. The number of morpholine rings is 1. The molecule has 1 fully saturated rings. The molecule has 0 spiro atoms. The van der Waals surface area contributed by atoms with Crippen LogP contribution in [0.15, 0.2) is 23.8 Å². The minimum Gasteiger partial charge on any atom is -0.490 e. The van der Waals surface area contributed by atoms with Gasteiger partial charge in [-0.3, -0.25) is 4.79 Å². The third kappa shape index (κ3) is 2.97. The van der Waals surface area contributed by atoms with E-state index in [1.165, 1.54) is 0 Å². The average molecular weight is 298 g/mol. The molecule has 2 aliphatic rings. The average Bonchev–Trinajstić information content (AvgIpc) is 2.92. The summed E-state index contributed by atoms with van der Waals surface area (Å²) in [7, 11) is 0. The Kier molecular flexibility index (Phi) is 4.12. The van der Waals surface area contributed by atoms with Crippen molar-refractivity contribution in [2.45, 2.75) is 19.4 Å². The van der Waals surface area contributed by atoms with Gasteiger partial charge in [0.1, 0.15) is 23.5 Å². The van der Waals surface area contributed by atoms with Gasteiger partial charge in [0.15, 0.2) is 0 Å². The standard InChI is InChI=1S/C17H18N2O3/c1-12-8-14-9-13(2-3-16(14)22-12)10-15(11-18)17(20)19-4-6-21-7-5-19/h2-3,9-10,12H,4-8H2,1H3/b15-10+/t12-/m1/s1. The lowest BCUT2D eigenvalue weighted by molar-refractivity contribution is -0.130. The molecule has 0 radical (unpaired) electrons. The second kappa shape index (κ2) is 6.20. The Morgan fingerprint density at radius 2 is 2.18 bits per heavy atom. The topological polar surface area (TPSA) is 62.6 Å². The molecule has 114 valence electrons. The lowest BCUT2D eigenvalue weighted by Gasteiger charge is -2.26. The van der Waals surface area contributed by atoms with Crippen molar-refractivity contribution in [2.24, 2.45) is 0 Å². The van der Waals surface area contributed by atoms with Gasteiger partial charge in [-0.25, -0.2) is 0 Å². The molecule has 1 atom stereocenters. The predicted octanol–water partition coefficient (Wildman–Crippen LogP) is 1.78. The number of hydrogen-bond donors (Lipinski definition) is 0. The second-order valence-electron chi connectivity index (χ2n) is 5.57. The number of fused-ring (bicyclic) bond motifs is 1. The quantitative estimate of drug-likeness (QED) is 0.617. The van der Waals surface area contributed by atoms with Gasteiger partial charge < -0.3 is 14.4 Å². The Morgan fingerprint density at radius 3 is 2.91 bits per heavy atom. The molecular weight excluding hydrogens is 280 g/mol. The molecule has 2 aliphatic heterocycles. The van der Waals surface area contributed by atoms with E-state index in [2.05, 4.69) is 0 Å². The van der Waals surface area contributed by atoms with Gasteiger partial charge in [0.2, 0.25) is 0 Å². The van der Waals surface area contributed by atoms with Gasteiger partial charge in [0.05, 0.1) is 13.2 Å². The van der Waals surface area contributed by atoms with Crippen molar-refractivity contribution in [3.63, 3.8) is 0 Å². The summed E-state index contributed by atoms with van der Waals surface area (Å²) in [6.45, 7) is 4.15. The fourth-order valence-electron chi connectivity index (χ4n) is 2.78. The molecule has 1 aromatic rings. The van der Waals surface area contributed by atoms with Crippen LogP contribution in [0.3, 0.4) is 0 Å². The first kappa shape index (κ1) is 14.6. The normalized spacial score (nSPS) is 21.0. The van der Waals surface area contributed by atoms with E-state index >= 15 is 0 Å². The summed E-state index contributed by atoms with van der Waals surface area (Å²) in [4.78, 5) is 14.0. The maximum atomic E-state index is 12.4. The lowest BCUT2D eigenvalue weighted by Crippen LogP contribution is -2.41. The molecular formula is C17H18N2O3. The zero-order valence-electron chi connectivity index (χ0n) is 12.5. The summed E-state index contributed by atoms with van der Waals surface area (Å²) in [5, 5.41) is 9.30. The summed E-state index contributed by atoms with van der Waals surface area (Å²) in [6, 6.07) is 7.79. The van der Waals surface area contributed by atoms with Crippen LogP contribution < -0.4 is 4.74 Å². The van der Waals surface area contributed by atoms with Crippen LogP contribution in [0.2, 0.25) is 0 Å². The number of carbonyl (C=O) groups excluding carboxylic acids is 1. The summed E-state index contributed by atoms with van der Waals surface area (Å²) in [6.07, 6.45) is 2.69. The molecule has 5 nitrogen and oxygen atoms in total. The van der Waals surface area contributed by atoms with E-state index in [4.69, 9.17) is 9.47 Å². The van der Waals surface area contributed by atoms with Crippen LogP contribution in [0.1, 0.15) is 18.1 Å². The first-order valence-electron chi connectivity index (χ1n) is 7.46. The van der Waals surface area contributed by atoms with E-state index in [1.54, 1.807) is 11.0 Å². The summed E-state index contributed by atoms with van der Waals surface area (Å²) in [5.74, 6) is 0.665. The van der Waals surface area contributed by atoms with Gasteiger partial charge in [0.25, 0.3) is 5.91 Å². The SMILES string of the molecule is C[C@@H]1Cc2cc(/C=C(\C#N)C(=O)N3CCOCC3)ccc2O1. The Morgan fingerprint density at radius 1 is 1.41 bits per heavy atom. The highest BCUT2D eigenvalue weighted by atomic mass is 16.5. The van der Waals surface area contributed by atoms with Gasteiger partial charge in [-0.05, 0) is 36.3 Å². The highest BCUT2D eigenvalue weighted by molar-refractivity contribution is 6.01. The molecule has 0 aromatic heterocycles. The van der Waals surface area contributed by atoms with Gasteiger partial charge in [-0.1, -0.05) is 6.07 Å². The third-order valence-corrected chi connectivity index (χ3v) is 3.88. The molecule has 22 heavy (non-hydrogen) atoms. The second-order valence-corrected chi connectivity index (χ2v) is 5.57. The van der Waals surface area contributed by atoms with Crippen molar-refractivity contribution in [1.29, 1.82) is 5.26 Å². The first-order chi connectivity index (χ1) is 10.7. The molecule has 0 aliphatic carbocycles. The van der Waals surface area contributed by atoms with E-state index in [9.17, 15) is 10.1 Å². The minimum atomic E-state index is -0.226. The number of nitrogens with zero attached hydrogens (tertiary/aromatic N) is 2. The van der Waals surface area contributed by atoms with E-state index in [1.807, 2.05) is 31.2 Å². The molecule has 0 unspecified atom stereocenters. The van der Waals surface area contributed by atoms with Crippen molar-refractivity contribution in [3.8, 4) is 11.8 Å². The largest absolute Gasteiger partial charge is 0.490 e.